The monoisotopic (exact) mass is 348 g/mol. The van der Waals surface area contributed by atoms with E-state index in [1.54, 1.807) is 12.4 Å². The van der Waals surface area contributed by atoms with Gasteiger partial charge in [0.1, 0.15) is 0 Å². The largest absolute Gasteiger partial charge is 0.458 e. The molecule has 0 atom stereocenters. The number of carbonyl (C=O) groups is 1. The van der Waals surface area contributed by atoms with Gasteiger partial charge in [-0.25, -0.2) is 14.8 Å². The number of hydrogen-bond acceptors (Lipinski definition) is 5. The smallest absolute Gasteiger partial charge is 0.357 e. The number of esters is 1. The van der Waals surface area contributed by atoms with Crippen molar-refractivity contribution in [1.82, 2.24) is 19.9 Å². The van der Waals surface area contributed by atoms with E-state index in [4.69, 9.17) is 4.74 Å². The Morgan fingerprint density at radius 2 is 1.96 bits per heavy atom. The molecule has 1 aromatic carbocycles. The molecular weight excluding hydrogens is 328 g/mol. The highest BCUT2D eigenvalue weighted by molar-refractivity contribution is 6.20. The zero-order valence-electron chi connectivity index (χ0n) is 15.3. The lowest BCUT2D eigenvalue weighted by atomic mass is 10.0. The van der Waals surface area contributed by atoms with Crippen molar-refractivity contribution < 1.29 is 9.53 Å². The van der Waals surface area contributed by atoms with Gasteiger partial charge in [0, 0.05) is 22.5 Å². The summed E-state index contributed by atoms with van der Waals surface area (Å²) < 4.78 is 5.38. The summed E-state index contributed by atoms with van der Waals surface area (Å²) in [5, 5.41) is 1.94. The van der Waals surface area contributed by atoms with Crippen LogP contribution in [-0.2, 0) is 11.2 Å². The van der Waals surface area contributed by atoms with Gasteiger partial charge in [-0.3, -0.25) is 4.98 Å². The summed E-state index contributed by atoms with van der Waals surface area (Å²) >= 11 is 0. The SMILES string of the molecule is CCc1c(C(=O)OC(C)C)ncc2[nH]c3ccc4nc(C)cnc4c3c12. The van der Waals surface area contributed by atoms with Crippen LogP contribution in [0.2, 0.25) is 0 Å². The molecule has 0 aliphatic rings. The molecule has 0 spiro atoms. The van der Waals surface area contributed by atoms with E-state index in [9.17, 15) is 4.79 Å². The highest BCUT2D eigenvalue weighted by atomic mass is 16.5. The van der Waals surface area contributed by atoms with Crippen molar-refractivity contribution in [1.29, 1.82) is 0 Å². The lowest BCUT2D eigenvalue weighted by Crippen LogP contribution is -2.15. The fourth-order valence-corrected chi connectivity index (χ4v) is 3.40. The molecule has 0 fully saturated rings. The number of hydrogen-bond donors (Lipinski definition) is 1. The van der Waals surface area contributed by atoms with Crippen LogP contribution in [0.5, 0.6) is 0 Å². The van der Waals surface area contributed by atoms with E-state index >= 15 is 0 Å². The van der Waals surface area contributed by atoms with E-state index in [0.717, 1.165) is 44.1 Å². The van der Waals surface area contributed by atoms with E-state index < -0.39 is 5.97 Å². The summed E-state index contributed by atoms with van der Waals surface area (Å²) in [5.74, 6) is -0.393. The molecule has 132 valence electrons. The molecule has 0 aliphatic heterocycles. The van der Waals surface area contributed by atoms with Crippen molar-refractivity contribution in [3.8, 4) is 0 Å². The predicted molar refractivity (Wildman–Crippen MR) is 101 cm³/mol. The van der Waals surface area contributed by atoms with Crippen LogP contribution >= 0.6 is 0 Å². The fraction of sp³-hybridized carbons (Fsp3) is 0.300. The third-order valence-electron chi connectivity index (χ3n) is 4.42. The van der Waals surface area contributed by atoms with Gasteiger partial charge in [0.15, 0.2) is 5.69 Å². The molecule has 0 saturated heterocycles. The number of rotatable bonds is 3. The Kier molecular flexibility index (Phi) is 3.83. The Labute approximate surface area is 150 Å². The second-order valence-electron chi connectivity index (χ2n) is 6.67. The van der Waals surface area contributed by atoms with E-state index in [-0.39, 0.29) is 6.10 Å². The maximum atomic E-state index is 12.5. The number of aryl methyl sites for hydroxylation is 2. The molecule has 3 heterocycles. The number of nitrogens with one attached hydrogen (secondary N) is 1. The van der Waals surface area contributed by atoms with Crippen molar-refractivity contribution in [2.24, 2.45) is 0 Å². The summed E-state index contributed by atoms with van der Waals surface area (Å²) in [6, 6.07) is 3.96. The third kappa shape index (κ3) is 2.49. The van der Waals surface area contributed by atoms with Gasteiger partial charge < -0.3 is 9.72 Å². The minimum Gasteiger partial charge on any atom is -0.458 e. The molecule has 26 heavy (non-hydrogen) atoms. The zero-order valence-corrected chi connectivity index (χ0v) is 15.3. The Morgan fingerprint density at radius 3 is 2.69 bits per heavy atom. The van der Waals surface area contributed by atoms with Crippen molar-refractivity contribution >= 4 is 38.8 Å². The maximum absolute atomic E-state index is 12.5. The number of ether oxygens (including phenoxy) is 1. The highest BCUT2D eigenvalue weighted by Crippen LogP contribution is 2.34. The lowest BCUT2D eigenvalue weighted by molar-refractivity contribution is 0.0370. The van der Waals surface area contributed by atoms with E-state index in [1.807, 2.05) is 39.8 Å². The quantitative estimate of drug-likeness (QED) is 0.564. The van der Waals surface area contributed by atoms with Crippen molar-refractivity contribution in [2.45, 2.75) is 40.2 Å². The molecule has 0 amide bonds. The molecule has 3 aromatic heterocycles. The minimum atomic E-state index is -0.393. The Balaban J connectivity index is 2.10. The number of aromatic nitrogens is 4. The number of pyridine rings is 1. The molecule has 6 nitrogen and oxygen atoms in total. The average molecular weight is 348 g/mol. The van der Waals surface area contributed by atoms with Crippen LogP contribution in [0.15, 0.2) is 24.5 Å². The van der Waals surface area contributed by atoms with Gasteiger partial charge in [-0.05, 0) is 44.9 Å². The minimum absolute atomic E-state index is 0.192. The first-order chi connectivity index (χ1) is 12.5. The van der Waals surface area contributed by atoms with Gasteiger partial charge in [0.05, 0.1) is 34.5 Å². The first kappa shape index (κ1) is 16.4. The first-order valence-corrected chi connectivity index (χ1v) is 8.76. The van der Waals surface area contributed by atoms with Crippen LogP contribution < -0.4 is 0 Å². The molecule has 0 saturated carbocycles. The molecular formula is C20H20N4O2. The Morgan fingerprint density at radius 1 is 1.15 bits per heavy atom. The number of aromatic amines is 1. The van der Waals surface area contributed by atoms with Gasteiger partial charge in [-0.1, -0.05) is 6.92 Å². The summed E-state index contributed by atoms with van der Waals surface area (Å²) in [6.07, 6.45) is 3.93. The summed E-state index contributed by atoms with van der Waals surface area (Å²) in [5.41, 5.74) is 5.60. The number of H-pyrrole nitrogens is 1. The van der Waals surface area contributed by atoms with Crippen molar-refractivity contribution in [2.75, 3.05) is 0 Å². The topological polar surface area (TPSA) is 80.8 Å². The summed E-state index contributed by atoms with van der Waals surface area (Å²) in [7, 11) is 0. The molecule has 0 unspecified atom stereocenters. The van der Waals surface area contributed by atoms with Crippen LogP contribution in [0.25, 0.3) is 32.8 Å². The number of fused-ring (bicyclic) bond motifs is 5. The second-order valence-corrected chi connectivity index (χ2v) is 6.67. The van der Waals surface area contributed by atoms with Gasteiger partial charge in [-0.2, -0.15) is 0 Å². The number of carbonyl (C=O) groups excluding carboxylic acids is 1. The van der Waals surface area contributed by atoms with E-state index in [0.29, 0.717) is 12.1 Å². The second kappa shape index (κ2) is 6.05. The van der Waals surface area contributed by atoms with Crippen molar-refractivity contribution in [3.63, 3.8) is 0 Å². The van der Waals surface area contributed by atoms with E-state index in [1.165, 1.54) is 0 Å². The van der Waals surface area contributed by atoms with Gasteiger partial charge >= 0.3 is 5.97 Å². The van der Waals surface area contributed by atoms with Crippen LogP contribution in [0.1, 0.15) is 42.5 Å². The average Bonchev–Trinajstić information content (AvgIpc) is 2.98. The predicted octanol–water partition coefficient (Wildman–Crippen LogP) is 4.10. The van der Waals surface area contributed by atoms with Crippen molar-refractivity contribution in [3.05, 3.63) is 41.5 Å². The highest BCUT2D eigenvalue weighted by Gasteiger charge is 2.21. The first-order valence-electron chi connectivity index (χ1n) is 8.76. The number of nitrogens with zero attached hydrogens (tertiary/aromatic N) is 3. The van der Waals surface area contributed by atoms with Gasteiger partial charge in [0.2, 0.25) is 0 Å². The standard InChI is InChI=1S/C20H20N4O2/c1-5-12-16-15(9-22-18(12)20(25)26-10(2)3)24-13-6-7-14-19(17(13)16)21-8-11(4)23-14/h6-10,24H,5H2,1-4H3. The summed E-state index contributed by atoms with van der Waals surface area (Å²) in [6.45, 7) is 7.61. The van der Waals surface area contributed by atoms with E-state index in [2.05, 4.69) is 19.9 Å². The van der Waals surface area contributed by atoms with Crippen LogP contribution in [-0.4, -0.2) is 32.0 Å². The normalized spacial score (nSPS) is 11.7. The van der Waals surface area contributed by atoms with Gasteiger partial charge in [-0.15, -0.1) is 0 Å². The third-order valence-corrected chi connectivity index (χ3v) is 4.42. The lowest BCUT2D eigenvalue weighted by Gasteiger charge is -2.11. The Bertz CT molecular complexity index is 1160. The molecule has 0 aliphatic carbocycles. The van der Waals surface area contributed by atoms with Crippen LogP contribution in [0.4, 0.5) is 0 Å². The Hall–Kier alpha value is -3.02. The van der Waals surface area contributed by atoms with Crippen LogP contribution in [0.3, 0.4) is 0 Å². The molecule has 4 aromatic rings. The molecule has 0 bridgehead atoms. The summed E-state index contributed by atoms with van der Waals surface area (Å²) in [4.78, 5) is 29.5. The van der Waals surface area contributed by atoms with Gasteiger partial charge in [0.25, 0.3) is 0 Å². The molecule has 4 rings (SSSR count). The molecule has 0 radical (unpaired) electrons. The fourth-order valence-electron chi connectivity index (χ4n) is 3.40. The van der Waals surface area contributed by atoms with Crippen LogP contribution in [0, 0.1) is 6.92 Å². The maximum Gasteiger partial charge on any atom is 0.357 e. The molecule has 1 N–H and O–H groups in total. The number of benzene rings is 1. The molecule has 6 heteroatoms. The zero-order chi connectivity index (χ0) is 18.4.